The van der Waals surface area contributed by atoms with E-state index in [0.29, 0.717) is 24.0 Å². The molecule has 0 aromatic heterocycles. The van der Waals surface area contributed by atoms with E-state index < -0.39 is 87.8 Å². The van der Waals surface area contributed by atoms with E-state index in [1.165, 1.54) is 25.9 Å². The van der Waals surface area contributed by atoms with E-state index in [1.54, 1.807) is 19.1 Å². The van der Waals surface area contributed by atoms with E-state index in [-0.39, 0.29) is 17.9 Å². The monoisotopic (exact) mass is 586 g/mol. The van der Waals surface area contributed by atoms with Crippen LogP contribution in [0.15, 0.2) is 12.1 Å². The van der Waals surface area contributed by atoms with Crippen molar-refractivity contribution in [2.24, 2.45) is 29.4 Å². The van der Waals surface area contributed by atoms with Gasteiger partial charge in [0.2, 0.25) is 5.91 Å². The maximum absolute atomic E-state index is 14.1. The first-order valence-corrected chi connectivity index (χ1v) is 13.9. The van der Waals surface area contributed by atoms with Gasteiger partial charge in [-0.2, -0.15) is 0 Å². The minimum Gasteiger partial charge on any atom is -0.507 e. The summed E-state index contributed by atoms with van der Waals surface area (Å²) in [5, 5.41) is 34.9. The van der Waals surface area contributed by atoms with Crippen LogP contribution in [0.4, 0.5) is 0 Å². The van der Waals surface area contributed by atoms with Crippen LogP contribution < -0.4 is 5.73 Å². The first-order valence-electron chi connectivity index (χ1n) is 13.9. The molecule has 12 heteroatoms. The topological polar surface area (TPSA) is 202 Å². The number of primary amides is 1. The number of ether oxygens (including phenoxy) is 1. The summed E-state index contributed by atoms with van der Waals surface area (Å²) < 4.78 is 5.00. The fourth-order valence-electron chi connectivity index (χ4n) is 7.40. The Morgan fingerprint density at radius 3 is 2.29 bits per heavy atom. The molecule has 0 radical (unpaired) electrons. The summed E-state index contributed by atoms with van der Waals surface area (Å²) in [5.74, 6) is -14.0. The number of phenols is 1. The number of likely N-dealkylation sites (N-methyl/N-ethyl adjacent to an activating group) is 1. The Kier molecular flexibility index (Phi) is 7.98. The SMILES string of the molecule is CC(=O)OCCCC(C)(C)c1ccc2c(c1O)C(=O)C1C(=O)C3(O)C(=O)C(C(N)=O)C(=O)C(N(C)C)C3C(O)C1C2C. The molecule has 0 spiro atoms. The zero-order valence-corrected chi connectivity index (χ0v) is 24.5. The lowest BCUT2D eigenvalue weighted by molar-refractivity contribution is -0.196. The van der Waals surface area contributed by atoms with E-state index in [4.69, 9.17) is 10.5 Å². The van der Waals surface area contributed by atoms with Crippen LogP contribution >= 0.6 is 0 Å². The third kappa shape index (κ3) is 4.47. The number of rotatable bonds is 7. The quantitative estimate of drug-likeness (QED) is 0.191. The predicted octanol–water partition coefficient (Wildman–Crippen LogP) is 0.0197. The van der Waals surface area contributed by atoms with Gasteiger partial charge in [-0.3, -0.25) is 33.7 Å². The molecule has 5 N–H and O–H groups in total. The van der Waals surface area contributed by atoms with Crippen molar-refractivity contribution in [3.05, 3.63) is 28.8 Å². The first kappa shape index (κ1) is 31.5. The minimum absolute atomic E-state index is 0.146. The number of esters is 1. The number of benzene rings is 1. The lowest BCUT2D eigenvalue weighted by Gasteiger charge is -2.56. The number of aliphatic hydroxyl groups is 2. The van der Waals surface area contributed by atoms with Crippen molar-refractivity contribution >= 4 is 35.0 Å². The highest BCUT2D eigenvalue weighted by atomic mass is 16.5. The summed E-state index contributed by atoms with van der Waals surface area (Å²) in [5.41, 5.74) is 2.25. The highest BCUT2D eigenvalue weighted by Gasteiger charge is 2.72. The Hall–Kier alpha value is -3.48. The van der Waals surface area contributed by atoms with Gasteiger partial charge in [0.05, 0.1) is 36.2 Å². The van der Waals surface area contributed by atoms with Gasteiger partial charge in [-0.05, 0) is 43.8 Å². The van der Waals surface area contributed by atoms with Crippen LogP contribution in [-0.4, -0.2) is 93.7 Å². The van der Waals surface area contributed by atoms with Crippen molar-refractivity contribution in [2.45, 2.75) is 69.6 Å². The molecular formula is C30H38N2O10. The molecular weight excluding hydrogens is 548 g/mol. The Morgan fingerprint density at radius 2 is 1.74 bits per heavy atom. The summed E-state index contributed by atoms with van der Waals surface area (Å²) in [4.78, 5) is 79.5. The molecule has 8 unspecified atom stereocenters. The number of nitrogens with zero attached hydrogens (tertiary/aromatic N) is 1. The van der Waals surface area contributed by atoms with Gasteiger partial charge in [0.1, 0.15) is 5.75 Å². The van der Waals surface area contributed by atoms with Crippen molar-refractivity contribution in [3.63, 3.8) is 0 Å². The summed E-state index contributed by atoms with van der Waals surface area (Å²) in [7, 11) is 2.89. The lowest BCUT2D eigenvalue weighted by Crippen LogP contribution is -2.77. The summed E-state index contributed by atoms with van der Waals surface area (Å²) >= 11 is 0. The zero-order valence-electron chi connectivity index (χ0n) is 24.5. The Morgan fingerprint density at radius 1 is 1.12 bits per heavy atom. The highest BCUT2D eigenvalue weighted by molar-refractivity contribution is 6.32. The number of carbonyl (C=O) groups is 6. The van der Waals surface area contributed by atoms with Gasteiger partial charge >= 0.3 is 5.97 Å². The molecule has 0 heterocycles. The van der Waals surface area contributed by atoms with Crippen LogP contribution in [0, 0.1) is 23.7 Å². The number of carbonyl (C=O) groups excluding carboxylic acids is 6. The minimum atomic E-state index is -3.04. The van der Waals surface area contributed by atoms with Crippen LogP contribution in [0.1, 0.15) is 67.9 Å². The van der Waals surface area contributed by atoms with Crippen molar-refractivity contribution in [1.29, 1.82) is 0 Å². The fourth-order valence-corrected chi connectivity index (χ4v) is 7.40. The second-order valence-corrected chi connectivity index (χ2v) is 12.6. The highest BCUT2D eigenvalue weighted by Crippen LogP contribution is 2.55. The van der Waals surface area contributed by atoms with Crippen molar-refractivity contribution in [1.82, 2.24) is 4.90 Å². The number of Topliss-reactive ketones (excluding diaryl/α,β-unsaturated/α-hetero) is 4. The molecule has 0 aliphatic heterocycles. The molecule has 1 amide bonds. The molecule has 4 rings (SSSR count). The predicted molar refractivity (Wildman–Crippen MR) is 146 cm³/mol. The van der Waals surface area contributed by atoms with Gasteiger partial charge < -0.3 is 25.8 Å². The van der Waals surface area contributed by atoms with Crippen molar-refractivity contribution in [2.75, 3.05) is 20.7 Å². The number of aliphatic hydroxyl groups excluding tert-OH is 1. The summed E-state index contributed by atoms with van der Waals surface area (Å²) in [6, 6.07) is 1.90. The van der Waals surface area contributed by atoms with Gasteiger partial charge in [-0.1, -0.05) is 32.9 Å². The van der Waals surface area contributed by atoms with Crippen LogP contribution in [0.3, 0.4) is 0 Å². The fraction of sp³-hybridized carbons (Fsp3) is 0.600. The van der Waals surface area contributed by atoms with Gasteiger partial charge in [0.25, 0.3) is 0 Å². The normalized spacial score (nSPS) is 32.7. The third-order valence-electron chi connectivity index (χ3n) is 9.47. The van der Waals surface area contributed by atoms with E-state index in [2.05, 4.69) is 0 Å². The molecule has 1 aromatic carbocycles. The van der Waals surface area contributed by atoms with Crippen molar-refractivity contribution in [3.8, 4) is 5.75 Å². The lowest BCUT2D eigenvalue weighted by atomic mass is 9.49. The molecule has 8 atom stereocenters. The average molecular weight is 587 g/mol. The molecule has 2 fully saturated rings. The number of aromatic hydroxyl groups is 1. The molecule has 2 saturated carbocycles. The van der Waals surface area contributed by atoms with E-state index >= 15 is 0 Å². The van der Waals surface area contributed by atoms with Gasteiger partial charge in [0, 0.05) is 18.4 Å². The van der Waals surface area contributed by atoms with E-state index in [1.807, 2.05) is 13.8 Å². The van der Waals surface area contributed by atoms with Crippen LogP contribution in [-0.2, 0) is 34.1 Å². The third-order valence-corrected chi connectivity index (χ3v) is 9.47. The summed E-state index contributed by atoms with van der Waals surface area (Å²) in [6.07, 6.45) is -0.727. The van der Waals surface area contributed by atoms with Crippen LogP contribution in [0.2, 0.25) is 0 Å². The Bertz CT molecular complexity index is 1380. The maximum atomic E-state index is 14.1. The molecule has 3 aliphatic carbocycles. The average Bonchev–Trinajstić information content (AvgIpc) is 2.88. The van der Waals surface area contributed by atoms with Gasteiger partial charge in [-0.25, -0.2) is 0 Å². The number of hydrogen-bond donors (Lipinski definition) is 4. The Labute approximate surface area is 243 Å². The standard InChI is InChI=1S/C30H38N2O10/c1-12-14-8-9-15(29(3,4)10-7-11-42-13(2)33)22(34)17(14)23(35)18-16(12)24(36)20-21(32(5)6)25(37)19(28(31)40)27(39)30(20,41)26(18)38/h8-9,12,16,18-21,24,34,36,41H,7,10-11H2,1-6H3,(H2,31,40). The van der Waals surface area contributed by atoms with Crippen molar-refractivity contribution < 1.29 is 48.8 Å². The number of fused-ring (bicyclic) bond motifs is 3. The number of hydrogen-bond acceptors (Lipinski definition) is 11. The van der Waals surface area contributed by atoms with Crippen LogP contribution in [0.5, 0.6) is 5.75 Å². The van der Waals surface area contributed by atoms with E-state index in [9.17, 15) is 44.1 Å². The molecule has 0 bridgehead atoms. The molecule has 228 valence electrons. The molecule has 12 nitrogen and oxygen atoms in total. The second kappa shape index (κ2) is 10.7. The van der Waals surface area contributed by atoms with Gasteiger partial charge in [0.15, 0.2) is 34.7 Å². The number of amides is 1. The largest absolute Gasteiger partial charge is 0.507 e. The number of nitrogens with two attached hydrogens (primary N) is 1. The smallest absolute Gasteiger partial charge is 0.302 e. The molecule has 42 heavy (non-hydrogen) atoms. The molecule has 3 aliphatic rings. The van der Waals surface area contributed by atoms with Crippen LogP contribution in [0.25, 0.3) is 0 Å². The number of ketones is 4. The second-order valence-electron chi connectivity index (χ2n) is 12.6. The zero-order chi connectivity index (χ0) is 31.6. The Balaban J connectivity index is 1.82. The van der Waals surface area contributed by atoms with E-state index in [0.717, 1.165) is 0 Å². The summed E-state index contributed by atoms with van der Waals surface area (Å²) in [6.45, 7) is 6.82. The number of phenolic OH excluding ortho intramolecular Hbond substituents is 1. The first-order chi connectivity index (χ1) is 19.4. The molecule has 0 saturated heterocycles. The van der Waals surface area contributed by atoms with Gasteiger partial charge in [-0.15, -0.1) is 0 Å². The maximum Gasteiger partial charge on any atom is 0.302 e. The molecule has 1 aromatic rings.